The third-order valence-electron chi connectivity index (χ3n) is 7.93. The van der Waals surface area contributed by atoms with E-state index in [4.69, 9.17) is 0 Å². The van der Waals surface area contributed by atoms with Crippen LogP contribution in [-0.2, 0) is 33.0 Å². The molecule has 200 valence electrons. The van der Waals surface area contributed by atoms with Gasteiger partial charge in [0.05, 0.1) is 18.7 Å². The summed E-state index contributed by atoms with van der Waals surface area (Å²) in [5, 5.41) is 30.2. The van der Waals surface area contributed by atoms with Gasteiger partial charge in [-0.25, -0.2) is 0 Å². The van der Waals surface area contributed by atoms with Gasteiger partial charge >= 0.3 is 0 Å². The Kier molecular flexibility index (Phi) is 7.34. The number of amides is 3. The Morgan fingerprint density at radius 3 is 2.76 bits per heavy atom. The Morgan fingerprint density at radius 1 is 1.24 bits per heavy atom. The second-order valence-electron chi connectivity index (χ2n) is 10.4. The maximum atomic E-state index is 13.1. The van der Waals surface area contributed by atoms with Gasteiger partial charge < -0.3 is 31.1 Å². The number of carbonyl (C=O) groups excluding carboxylic acids is 3. The van der Waals surface area contributed by atoms with E-state index < -0.39 is 17.4 Å². The summed E-state index contributed by atoms with van der Waals surface area (Å²) in [5.74, 6) is -1.47. The molecule has 2 aromatic rings. The summed E-state index contributed by atoms with van der Waals surface area (Å²) >= 11 is 0. The summed E-state index contributed by atoms with van der Waals surface area (Å²) in [7, 11) is 0. The number of hydrogen-bond donors (Lipinski definition) is 5. The standard InChI is InChI=1S/C29H34N4O5/c1-18(6-4-10-26(35)33-16-20-8-3-2-7-19(20)14-22(33)17-34)29(38)23-15-21(11-12-24(23)32-28(29)37)31-27(36)25-9-5-13-30-25/h2-4,6-8,11-12,15,18,22,25,30,34,38H,5,9-10,13-14,16-17H2,1H3,(H,31,36)(H,32,37)/b6-4+/t18-,22-,25+,29+/m0/s1. The summed E-state index contributed by atoms with van der Waals surface area (Å²) in [4.78, 5) is 40.2. The highest BCUT2D eigenvalue weighted by Gasteiger charge is 2.48. The molecule has 38 heavy (non-hydrogen) atoms. The van der Waals surface area contributed by atoms with Crippen LogP contribution in [0.15, 0.2) is 54.6 Å². The van der Waals surface area contributed by atoms with Gasteiger partial charge in [0.25, 0.3) is 5.91 Å². The van der Waals surface area contributed by atoms with Crippen LogP contribution in [0.5, 0.6) is 0 Å². The maximum Gasteiger partial charge on any atom is 0.261 e. The number of carbonyl (C=O) groups is 3. The number of hydrogen-bond acceptors (Lipinski definition) is 6. The SMILES string of the molecule is C[C@@H](/C=C/CC(=O)N1Cc2ccccc2C[C@H]1CO)[C@]1(O)C(=O)Nc2ccc(NC(=O)[C@H]3CCCN3)cc21. The number of anilines is 2. The van der Waals surface area contributed by atoms with E-state index in [9.17, 15) is 24.6 Å². The second kappa shape index (κ2) is 10.7. The predicted molar refractivity (Wildman–Crippen MR) is 143 cm³/mol. The van der Waals surface area contributed by atoms with Crippen molar-refractivity contribution < 1.29 is 24.6 Å². The van der Waals surface area contributed by atoms with E-state index in [1.165, 1.54) is 0 Å². The quantitative estimate of drug-likeness (QED) is 0.357. The fourth-order valence-electron chi connectivity index (χ4n) is 5.65. The lowest BCUT2D eigenvalue weighted by Crippen LogP contribution is -2.46. The molecule has 3 heterocycles. The number of fused-ring (bicyclic) bond motifs is 2. The zero-order valence-electron chi connectivity index (χ0n) is 21.4. The molecule has 4 atom stereocenters. The largest absolute Gasteiger partial charge is 0.394 e. The van der Waals surface area contributed by atoms with Crippen LogP contribution in [0.2, 0.25) is 0 Å². The van der Waals surface area contributed by atoms with Crippen molar-refractivity contribution in [3.63, 3.8) is 0 Å². The van der Waals surface area contributed by atoms with Crippen molar-refractivity contribution in [2.75, 3.05) is 23.8 Å². The Hall–Kier alpha value is -3.53. The first kappa shape index (κ1) is 26.1. The number of aliphatic hydroxyl groups is 2. The molecule has 0 spiro atoms. The van der Waals surface area contributed by atoms with Gasteiger partial charge in [0.1, 0.15) is 0 Å². The fraction of sp³-hybridized carbons (Fsp3) is 0.414. The minimum absolute atomic E-state index is 0.0814. The van der Waals surface area contributed by atoms with Crippen molar-refractivity contribution in [2.45, 2.75) is 56.8 Å². The minimum Gasteiger partial charge on any atom is -0.394 e. The highest BCUT2D eigenvalue weighted by Crippen LogP contribution is 2.43. The zero-order chi connectivity index (χ0) is 26.9. The highest BCUT2D eigenvalue weighted by molar-refractivity contribution is 6.06. The molecule has 3 aliphatic rings. The number of aliphatic hydroxyl groups excluding tert-OH is 1. The number of nitrogens with zero attached hydrogens (tertiary/aromatic N) is 1. The lowest BCUT2D eigenvalue weighted by Gasteiger charge is -2.36. The van der Waals surface area contributed by atoms with Crippen LogP contribution in [0, 0.1) is 5.92 Å². The van der Waals surface area contributed by atoms with Crippen LogP contribution in [0.1, 0.15) is 42.9 Å². The molecule has 2 aromatic carbocycles. The fourth-order valence-corrected chi connectivity index (χ4v) is 5.65. The number of rotatable bonds is 7. The van der Waals surface area contributed by atoms with E-state index in [1.54, 1.807) is 42.2 Å². The lowest BCUT2D eigenvalue weighted by atomic mass is 9.82. The van der Waals surface area contributed by atoms with E-state index in [0.29, 0.717) is 29.9 Å². The molecule has 1 fully saturated rings. The first-order valence-electron chi connectivity index (χ1n) is 13.2. The highest BCUT2D eigenvalue weighted by atomic mass is 16.3. The summed E-state index contributed by atoms with van der Waals surface area (Å²) in [6.45, 7) is 2.84. The van der Waals surface area contributed by atoms with Gasteiger partial charge in [-0.05, 0) is 55.1 Å². The molecule has 9 heteroatoms. The van der Waals surface area contributed by atoms with Crippen LogP contribution in [0.25, 0.3) is 0 Å². The van der Waals surface area contributed by atoms with Crippen LogP contribution in [0.3, 0.4) is 0 Å². The van der Waals surface area contributed by atoms with Crippen LogP contribution in [0.4, 0.5) is 11.4 Å². The number of benzene rings is 2. The normalized spacial score (nSPS) is 25.1. The molecule has 3 amide bonds. The van der Waals surface area contributed by atoms with Crippen LogP contribution < -0.4 is 16.0 Å². The van der Waals surface area contributed by atoms with E-state index in [1.807, 2.05) is 24.3 Å². The molecular formula is C29H34N4O5. The molecule has 5 N–H and O–H groups in total. The second-order valence-corrected chi connectivity index (χ2v) is 10.4. The van der Waals surface area contributed by atoms with E-state index in [2.05, 4.69) is 16.0 Å². The summed E-state index contributed by atoms with van der Waals surface area (Å²) in [6, 6.07) is 12.4. The Bertz CT molecular complexity index is 1270. The van der Waals surface area contributed by atoms with Gasteiger partial charge in [0, 0.05) is 35.8 Å². The summed E-state index contributed by atoms with van der Waals surface area (Å²) in [6.07, 6.45) is 5.74. The van der Waals surface area contributed by atoms with Crippen molar-refractivity contribution in [3.8, 4) is 0 Å². The van der Waals surface area contributed by atoms with Gasteiger partial charge in [-0.15, -0.1) is 0 Å². The van der Waals surface area contributed by atoms with Crippen molar-refractivity contribution in [3.05, 3.63) is 71.3 Å². The smallest absolute Gasteiger partial charge is 0.261 e. The minimum atomic E-state index is -1.85. The molecule has 1 saturated heterocycles. The topological polar surface area (TPSA) is 131 Å². The predicted octanol–water partition coefficient (Wildman–Crippen LogP) is 2.04. The Morgan fingerprint density at radius 2 is 2.03 bits per heavy atom. The lowest BCUT2D eigenvalue weighted by molar-refractivity contribution is -0.137. The van der Waals surface area contributed by atoms with Crippen molar-refractivity contribution in [2.24, 2.45) is 5.92 Å². The first-order chi connectivity index (χ1) is 18.3. The summed E-state index contributed by atoms with van der Waals surface area (Å²) < 4.78 is 0. The molecular weight excluding hydrogens is 484 g/mol. The van der Waals surface area contributed by atoms with Crippen molar-refractivity contribution >= 4 is 29.1 Å². The monoisotopic (exact) mass is 518 g/mol. The zero-order valence-corrected chi connectivity index (χ0v) is 21.4. The van der Waals surface area contributed by atoms with Crippen molar-refractivity contribution in [1.82, 2.24) is 10.2 Å². The first-order valence-corrected chi connectivity index (χ1v) is 13.2. The number of nitrogens with one attached hydrogen (secondary N) is 3. The molecule has 3 aliphatic heterocycles. The van der Waals surface area contributed by atoms with Gasteiger partial charge in [-0.2, -0.15) is 0 Å². The third kappa shape index (κ3) is 4.84. The van der Waals surface area contributed by atoms with E-state index in [-0.39, 0.29) is 36.9 Å². The molecule has 0 radical (unpaired) electrons. The van der Waals surface area contributed by atoms with Crippen LogP contribution in [-0.4, -0.2) is 58.1 Å². The molecule has 0 unspecified atom stereocenters. The van der Waals surface area contributed by atoms with Gasteiger partial charge in [0.15, 0.2) is 5.60 Å². The molecule has 9 nitrogen and oxygen atoms in total. The van der Waals surface area contributed by atoms with E-state index in [0.717, 1.165) is 30.5 Å². The maximum absolute atomic E-state index is 13.1. The molecule has 0 saturated carbocycles. The average molecular weight is 519 g/mol. The Balaban J connectivity index is 1.27. The van der Waals surface area contributed by atoms with Gasteiger partial charge in [0.2, 0.25) is 11.8 Å². The third-order valence-corrected chi connectivity index (χ3v) is 7.93. The van der Waals surface area contributed by atoms with Crippen LogP contribution >= 0.6 is 0 Å². The Labute approximate surface area is 221 Å². The van der Waals surface area contributed by atoms with E-state index >= 15 is 0 Å². The molecule has 5 rings (SSSR count). The molecule has 0 bridgehead atoms. The van der Waals surface area contributed by atoms with Gasteiger partial charge in [-0.3, -0.25) is 14.4 Å². The van der Waals surface area contributed by atoms with Gasteiger partial charge in [-0.1, -0.05) is 43.3 Å². The van der Waals surface area contributed by atoms with Crippen molar-refractivity contribution in [1.29, 1.82) is 0 Å². The molecule has 0 aliphatic carbocycles. The average Bonchev–Trinajstić information content (AvgIpc) is 3.55. The summed E-state index contributed by atoms with van der Waals surface area (Å²) in [5.41, 5.74) is 1.74. The molecule has 0 aromatic heterocycles.